The minimum atomic E-state index is -0.0368. The highest BCUT2D eigenvalue weighted by molar-refractivity contribution is 7.98. The lowest BCUT2D eigenvalue weighted by Gasteiger charge is -2.20. The van der Waals surface area contributed by atoms with Gasteiger partial charge in [-0.25, -0.2) is 15.8 Å². The number of hydrogen-bond acceptors (Lipinski definition) is 7. The fraction of sp³-hybridized carbons (Fsp3) is 0.600. The molecule has 0 spiro atoms. The van der Waals surface area contributed by atoms with E-state index in [2.05, 4.69) is 20.7 Å². The molecule has 0 fully saturated rings. The van der Waals surface area contributed by atoms with E-state index in [0.717, 1.165) is 0 Å². The third-order valence-corrected chi connectivity index (χ3v) is 2.92. The van der Waals surface area contributed by atoms with Gasteiger partial charge in [0.2, 0.25) is 0 Å². The van der Waals surface area contributed by atoms with Gasteiger partial charge in [-0.2, -0.15) is 0 Å². The largest absolute Gasteiger partial charge is 0.394 e. The standard InChI is InChI=1S/C10H19N5OS/c1-6(2)7(5-16)12-8-4-9(15-11)14-10(13-8)17-3/h4,6-7,16H,5,11H2,1-3H3,(H2,12,13,14,15)/t7-/m1/s1. The summed E-state index contributed by atoms with van der Waals surface area (Å²) in [6, 6.07) is 1.68. The number of nitrogens with one attached hydrogen (secondary N) is 2. The molecule has 1 atom stereocenters. The van der Waals surface area contributed by atoms with Crippen molar-refractivity contribution in [3.8, 4) is 0 Å². The molecular weight excluding hydrogens is 238 g/mol. The van der Waals surface area contributed by atoms with Crippen LogP contribution in [0.15, 0.2) is 11.2 Å². The molecular formula is C10H19N5OS. The maximum atomic E-state index is 9.26. The molecule has 0 saturated heterocycles. The summed E-state index contributed by atoms with van der Waals surface area (Å²) in [5, 5.41) is 13.1. The lowest BCUT2D eigenvalue weighted by Crippen LogP contribution is -2.30. The summed E-state index contributed by atoms with van der Waals surface area (Å²) in [6.07, 6.45) is 1.89. The highest BCUT2D eigenvalue weighted by Gasteiger charge is 2.13. The second kappa shape index (κ2) is 6.63. The first-order valence-corrected chi connectivity index (χ1v) is 6.60. The zero-order valence-electron chi connectivity index (χ0n) is 10.3. The van der Waals surface area contributed by atoms with E-state index in [4.69, 9.17) is 5.84 Å². The fourth-order valence-corrected chi connectivity index (χ4v) is 1.66. The number of hydrazine groups is 1. The Labute approximate surface area is 105 Å². The molecule has 1 aromatic rings. The van der Waals surface area contributed by atoms with Crippen molar-refractivity contribution in [1.29, 1.82) is 0 Å². The number of thioether (sulfide) groups is 1. The van der Waals surface area contributed by atoms with Crippen LogP contribution in [0.4, 0.5) is 11.6 Å². The third kappa shape index (κ3) is 4.03. The van der Waals surface area contributed by atoms with Crippen LogP contribution in [-0.4, -0.2) is 34.0 Å². The number of aliphatic hydroxyl groups is 1. The van der Waals surface area contributed by atoms with Crippen molar-refractivity contribution >= 4 is 23.4 Å². The predicted octanol–water partition coefficient (Wildman–Crippen LogP) is 0.913. The monoisotopic (exact) mass is 257 g/mol. The van der Waals surface area contributed by atoms with Gasteiger partial charge in [0.15, 0.2) is 5.16 Å². The van der Waals surface area contributed by atoms with Gasteiger partial charge in [-0.05, 0) is 12.2 Å². The number of hydrogen-bond donors (Lipinski definition) is 4. The topological polar surface area (TPSA) is 96.1 Å². The maximum absolute atomic E-state index is 9.26. The first kappa shape index (κ1) is 14.0. The minimum absolute atomic E-state index is 0.0368. The van der Waals surface area contributed by atoms with E-state index in [1.165, 1.54) is 11.8 Å². The van der Waals surface area contributed by atoms with Gasteiger partial charge >= 0.3 is 0 Å². The van der Waals surface area contributed by atoms with Crippen molar-refractivity contribution in [2.24, 2.45) is 11.8 Å². The molecule has 0 saturated carbocycles. The summed E-state index contributed by atoms with van der Waals surface area (Å²) in [7, 11) is 0. The zero-order valence-corrected chi connectivity index (χ0v) is 11.1. The molecule has 1 aromatic heterocycles. The van der Waals surface area contributed by atoms with Crippen molar-refractivity contribution < 1.29 is 5.11 Å². The Morgan fingerprint density at radius 1 is 1.41 bits per heavy atom. The Hall–Kier alpha value is -1.05. The summed E-state index contributed by atoms with van der Waals surface area (Å²) in [5.41, 5.74) is 2.50. The second-order valence-electron chi connectivity index (χ2n) is 3.95. The predicted molar refractivity (Wildman–Crippen MR) is 71.0 cm³/mol. The van der Waals surface area contributed by atoms with Crippen LogP contribution in [-0.2, 0) is 0 Å². The van der Waals surface area contributed by atoms with Crippen molar-refractivity contribution in [2.45, 2.75) is 25.0 Å². The second-order valence-corrected chi connectivity index (χ2v) is 4.72. The van der Waals surface area contributed by atoms with E-state index in [1.807, 2.05) is 20.1 Å². The lowest BCUT2D eigenvalue weighted by molar-refractivity contribution is 0.249. The molecule has 1 heterocycles. The maximum Gasteiger partial charge on any atom is 0.191 e. The molecule has 5 N–H and O–H groups in total. The Kier molecular flexibility index (Phi) is 5.46. The van der Waals surface area contributed by atoms with Gasteiger partial charge in [0, 0.05) is 6.07 Å². The van der Waals surface area contributed by atoms with Crippen LogP contribution in [0.3, 0.4) is 0 Å². The van der Waals surface area contributed by atoms with Gasteiger partial charge in [-0.1, -0.05) is 25.6 Å². The zero-order chi connectivity index (χ0) is 12.8. The number of nitrogen functional groups attached to an aromatic ring is 1. The first-order valence-electron chi connectivity index (χ1n) is 5.37. The quantitative estimate of drug-likeness (QED) is 0.260. The van der Waals surface area contributed by atoms with Crippen LogP contribution >= 0.6 is 11.8 Å². The Balaban J connectivity index is 2.89. The number of nitrogens with two attached hydrogens (primary N) is 1. The lowest BCUT2D eigenvalue weighted by atomic mass is 10.1. The molecule has 7 heteroatoms. The normalized spacial score (nSPS) is 12.6. The van der Waals surface area contributed by atoms with Crippen LogP contribution in [0, 0.1) is 5.92 Å². The van der Waals surface area contributed by atoms with E-state index in [9.17, 15) is 5.11 Å². The van der Waals surface area contributed by atoms with Gasteiger partial charge in [-0.3, -0.25) is 0 Å². The van der Waals surface area contributed by atoms with E-state index < -0.39 is 0 Å². The number of aromatic nitrogens is 2. The van der Waals surface area contributed by atoms with Gasteiger partial charge < -0.3 is 15.8 Å². The van der Waals surface area contributed by atoms with E-state index in [1.54, 1.807) is 6.07 Å². The first-order chi connectivity index (χ1) is 8.10. The SMILES string of the molecule is CSc1nc(NN)cc(N[C@H](CO)C(C)C)n1. The molecule has 0 amide bonds. The van der Waals surface area contributed by atoms with Crippen LogP contribution in [0.25, 0.3) is 0 Å². The summed E-state index contributed by atoms with van der Waals surface area (Å²) < 4.78 is 0. The highest BCUT2D eigenvalue weighted by atomic mass is 32.2. The fourth-order valence-electron chi connectivity index (χ4n) is 1.28. The molecule has 0 unspecified atom stereocenters. The van der Waals surface area contributed by atoms with Gasteiger partial charge in [0.05, 0.1) is 12.6 Å². The number of nitrogens with zero attached hydrogens (tertiary/aromatic N) is 2. The Morgan fingerprint density at radius 2 is 2.06 bits per heavy atom. The average molecular weight is 257 g/mol. The van der Waals surface area contributed by atoms with Crippen LogP contribution < -0.4 is 16.6 Å². The Morgan fingerprint density at radius 3 is 2.53 bits per heavy atom. The van der Waals surface area contributed by atoms with Gasteiger partial charge in [0.25, 0.3) is 0 Å². The van der Waals surface area contributed by atoms with Gasteiger partial charge in [-0.15, -0.1) is 0 Å². The third-order valence-electron chi connectivity index (χ3n) is 2.37. The molecule has 0 bridgehead atoms. The average Bonchev–Trinajstić information content (AvgIpc) is 2.34. The van der Waals surface area contributed by atoms with Gasteiger partial charge in [0.1, 0.15) is 11.6 Å². The molecule has 0 aromatic carbocycles. The van der Waals surface area contributed by atoms with Crippen LogP contribution in [0.2, 0.25) is 0 Å². The molecule has 17 heavy (non-hydrogen) atoms. The smallest absolute Gasteiger partial charge is 0.191 e. The summed E-state index contributed by atoms with van der Waals surface area (Å²) in [5.74, 6) is 6.85. The Bertz CT molecular complexity index is 338. The van der Waals surface area contributed by atoms with Crippen molar-refractivity contribution in [1.82, 2.24) is 9.97 Å². The number of rotatable bonds is 6. The van der Waals surface area contributed by atoms with Crippen molar-refractivity contribution in [3.05, 3.63) is 6.07 Å². The van der Waals surface area contributed by atoms with Crippen LogP contribution in [0.5, 0.6) is 0 Å². The molecule has 96 valence electrons. The molecule has 0 aliphatic heterocycles. The van der Waals surface area contributed by atoms with E-state index in [-0.39, 0.29) is 12.6 Å². The summed E-state index contributed by atoms with van der Waals surface area (Å²) >= 11 is 1.44. The molecule has 0 radical (unpaired) electrons. The van der Waals surface area contributed by atoms with Crippen LogP contribution in [0.1, 0.15) is 13.8 Å². The van der Waals surface area contributed by atoms with E-state index in [0.29, 0.717) is 22.7 Å². The minimum Gasteiger partial charge on any atom is -0.394 e. The van der Waals surface area contributed by atoms with Crippen molar-refractivity contribution in [3.63, 3.8) is 0 Å². The molecule has 1 rings (SSSR count). The molecule has 6 nitrogen and oxygen atoms in total. The number of aliphatic hydroxyl groups excluding tert-OH is 1. The highest BCUT2D eigenvalue weighted by Crippen LogP contribution is 2.18. The molecule has 0 aliphatic carbocycles. The summed E-state index contributed by atoms with van der Waals surface area (Å²) in [6.45, 7) is 4.13. The van der Waals surface area contributed by atoms with E-state index >= 15 is 0 Å². The van der Waals surface area contributed by atoms with Crippen molar-refractivity contribution in [2.75, 3.05) is 23.6 Å². The number of anilines is 2. The summed E-state index contributed by atoms with van der Waals surface area (Å²) in [4.78, 5) is 8.47. The molecule has 0 aliphatic rings.